The molecule has 1 heterocycles. The molecule has 5 rings (SSSR count). The van der Waals surface area contributed by atoms with E-state index < -0.39 is 0 Å². The van der Waals surface area contributed by atoms with E-state index in [-0.39, 0.29) is 5.41 Å². The maximum absolute atomic E-state index is 6.21. The second kappa shape index (κ2) is 4.55. The van der Waals surface area contributed by atoms with Gasteiger partial charge in [-0.2, -0.15) is 0 Å². The van der Waals surface area contributed by atoms with Gasteiger partial charge in [0.05, 0.1) is 11.2 Å². The first-order chi connectivity index (χ1) is 11.6. The summed E-state index contributed by atoms with van der Waals surface area (Å²) in [6.07, 6.45) is 0. The van der Waals surface area contributed by atoms with Crippen LogP contribution >= 0.6 is 11.6 Å². The first kappa shape index (κ1) is 13.9. The van der Waals surface area contributed by atoms with E-state index >= 15 is 0 Å². The summed E-state index contributed by atoms with van der Waals surface area (Å²) in [4.78, 5) is 9.03. The molecule has 1 aromatic heterocycles. The largest absolute Gasteiger partial charge is 0.223 e. The molecule has 0 amide bonds. The number of hydrogen-bond donors (Lipinski definition) is 0. The molecule has 24 heavy (non-hydrogen) atoms. The van der Waals surface area contributed by atoms with Gasteiger partial charge in [-0.3, -0.25) is 0 Å². The van der Waals surface area contributed by atoms with Gasteiger partial charge in [-0.05, 0) is 39.6 Å². The first-order valence-corrected chi connectivity index (χ1v) is 8.44. The number of fused-ring (bicyclic) bond motifs is 4. The molecule has 1 aliphatic rings. The Morgan fingerprint density at radius 1 is 0.875 bits per heavy atom. The third kappa shape index (κ3) is 1.67. The SMILES string of the molecule is CC1(C)c2c(ccc3ccccc23)-c2nc(Cl)nc3cccc1c23. The molecule has 2 nitrogen and oxygen atoms in total. The van der Waals surface area contributed by atoms with Crippen molar-refractivity contribution in [1.82, 2.24) is 9.97 Å². The topological polar surface area (TPSA) is 25.8 Å². The Morgan fingerprint density at radius 3 is 2.58 bits per heavy atom. The molecule has 3 aromatic carbocycles. The molecule has 0 atom stereocenters. The molecule has 0 saturated heterocycles. The molecule has 1 aliphatic carbocycles. The van der Waals surface area contributed by atoms with Crippen molar-refractivity contribution >= 4 is 33.3 Å². The van der Waals surface area contributed by atoms with E-state index in [9.17, 15) is 0 Å². The van der Waals surface area contributed by atoms with Gasteiger partial charge in [0.15, 0.2) is 0 Å². The Balaban J connectivity index is 2.07. The number of rotatable bonds is 0. The van der Waals surface area contributed by atoms with Crippen LogP contribution in [0.25, 0.3) is 32.9 Å². The number of halogens is 1. The highest BCUT2D eigenvalue weighted by atomic mass is 35.5. The van der Waals surface area contributed by atoms with Crippen LogP contribution in [0.1, 0.15) is 25.0 Å². The fourth-order valence-electron chi connectivity index (χ4n) is 4.15. The van der Waals surface area contributed by atoms with Crippen molar-refractivity contribution < 1.29 is 0 Å². The summed E-state index contributed by atoms with van der Waals surface area (Å²) in [5.74, 6) is 0. The molecule has 0 N–H and O–H groups in total. The van der Waals surface area contributed by atoms with Gasteiger partial charge in [0.1, 0.15) is 0 Å². The Bertz CT molecular complexity index is 1150. The molecule has 0 unspecified atom stereocenters. The monoisotopic (exact) mass is 330 g/mol. The van der Waals surface area contributed by atoms with Crippen LogP contribution in [0, 0.1) is 0 Å². The van der Waals surface area contributed by atoms with E-state index in [0.29, 0.717) is 5.28 Å². The third-order valence-corrected chi connectivity index (χ3v) is 5.35. The van der Waals surface area contributed by atoms with E-state index in [4.69, 9.17) is 11.6 Å². The highest BCUT2D eigenvalue weighted by molar-refractivity contribution is 6.29. The lowest BCUT2D eigenvalue weighted by Crippen LogP contribution is -2.24. The van der Waals surface area contributed by atoms with Gasteiger partial charge in [0.25, 0.3) is 0 Å². The van der Waals surface area contributed by atoms with E-state index in [1.54, 1.807) is 0 Å². The number of aromatic nitrogens is 2. The zero-order valence-corrected chi connectivity index (χ0v) is 14.2. The predicted octanol–water partition coefficient (Wildman–Crippen LogP) is 5.74. The molecular formula is C21H15ClN2. The Kier molecular flexibility index (Phi) is 2.64. The number of benzene rings is 3. The van der Waals surface area contributed by atoms with Gasteiger partial charge in [0.2, 0.25) is 5.28 Å². The Hall–Kier alpha value is -2.45. The van der Waals surface area contributed by atoms with Crippen LogP contribution in [-0.4, -0.2) is 9.97 Å². The zero-order chi connectivity index (χ0) is 16.5. The van der Waals surface area contributed by atoms with E-state index in [1.165, 1.54) is 21.9 Å². The van der Waals surface area contributed by atoms with Gasteiger partial charge in [0, 0.05) is 16.4 Å². The number of nitrogens with zero attached hydrogens (tertiary/aromatic N) is 2. The molecule has 0 aliphatic heterocycles. The van der Waals surface area contributed by atoms with E-state index in [1.807, 2.05) is 6.07 Å². The van der Waals surface area contributed by atoms with Crippen molar-refractivity contribution in [3.63, 3.8) is 0 Å². The smallest absolute Gasteiger partial charge is 0.218 e. The first-order valence-electron chi connectivity index (χ1n) is 8.07. The maximum atomic E-state index is 6.21. The van der Waals surface area contributed by atoms with Crippen molar-refractivity contribution in [3.8, 4) is 11.3 Å². The van der Waals surface area contributed by atoms with Gasteiger partial charge < -0.3 is 0 Å². The van der Waals surface area contributed by atoms with Crippen LogP contribution in [0.5, 0.6) is 0 Å². The summed E-state index contributed by atoms with van der Waals surface area (Å²) in [7, 11) is 0. The number of hydrogen-bond acceptors (Lipinski definition) is 2. The van der Waals surface area contributed by atoms with Crippen LogP contribution in [0.15, 0.2) is 54.6 Å². The van der Waals surface area contributed by atoms with Gasteiger partial charge in [-0.25, -0.2) is 9.97 Å². The fraction of sp³-hybridized carbons (Fsp3) is 0.143. The van der Waals surface area contributed by atoms with Crippen molar-refractivity contribution in [2.75, 3.05) is 0 Å². The van der Waals surface area contributed by atoms with Gasteiger partial charge in [-0.15, -0.1) is 0 Å². The summed E-state index contributed by atoms with van der Waals surface area (Å²) < 4.78 is 0. The standard InChI is InChI=1S/C21H15ClN2/c1-21(2)15-8-5-9-16-17(15)19(24-20(22)23-16)14-11-10-12-6-3-4-7-13(12)18(14)21/h3-11H,1-2H3. The molecule has 0 saturated carbocycles. The molecule has 0 spiro atoms. The summed E-state index contributed by atoms with van der Waals surface area (Å²) in [5.41, 5.74) is 5.47. The fourth-order valence-corrected chi connectivity index (χ4v) is 4.32. The lowest BCUT2D eigenvalue weighted by Gasteiger charge is -2.35. The summed E-state index contributed by atoms with van der Waals surface area (Å²) >= 11 is 6.21. The molecule has 116 valence electrons. The Morgan fingerprint density at radius 2 is 1.71 bits per heavy atom. The van der Waals surface area contributed by atoms with Crippen LogP contribution in [-0.2, 0) is 5.41 Å². The predicted molar refractivity (Wildman–Crippen MR) is 99.6 cm³/mol. The minimum Gasteiger partial charge on any atom is -0.218 e. The van der Waals surface area contributed by atoms with Crippen LogP contribution in [0.3, 0.4) is 0 Å². The van der Waals surface area contributed by atoms with Crippen molar-refractivity contribution in [3.05, 3.63) is 71.0 Å². The maximum Gasteiger partial charge on any atom is 0.223 e. The van der Waals surface area contributed by atoms with Gasteiger partial charge >= 0.3 is 0 Å². The van der Waals surface area contributed by atoms with E-state index in [0.717, 1.165) is 22.2 Å². The van der Waals surface area contributed by atoms with Crippen molar-refractivity contribution in [2.45, 2.75) is 19.3 Å². The molecule has 4 aromatic rings. The van der Waals surface area contributed by atoms with E-state index in [2.05, 4.69) is 72.3 Å². The second-order valence-corrected chi connectivity index (χ2v) is 7.21. The highest BCUT2D eigenvalue weighted by Gasteiger charge is 2.35. The summed E-state index contributed by atoms with van der Waals surface area (Å²) in [6, 6.07) is 19.1. The average molecular weight is 331 g/mol. The minimum absolute atomic E-state index is 0.125. The normalized spacial score (nSPS) is 14.8. The zero-order valence-electron chi connectivity index (χ0n) is 13.5. The second-order valence-electron chi connectivity index (χ2n) is 6.88. The van der Waals surface area contributed by atoms with Crippen LogP contribution in [0.2, 0.25) is 5.28 Å². The van der Waals surface area contributed by atoms with Crippen molar-refractivity contribution in [1.29, 1.82) is 0 Å². The van der Waals surface area contributed by atoms with Crippen LogP contribution < -0.4 is 0 Å². The van der Waals surface area contributed by atoms with Gasteiger partial charge in [-0.1, -0.05) is 62.4 Å². The average Bonchev–Trinajstić information content (AvgIpc) is 2.58. The molecule has 0 radical (unpaired) electrons. The molecule has 0 bridgehead atoms. The Labute approximate surface area is 145 Å². The minimum atomic E-state index is -0.125. The quantitative estimate of drug-likeness (QED) is 0.384. The molecular weight excluding hydrogens is 316 g/mol. The highest BCUT2D eigenvalue weighted by Crippen LogP contribution is 2.49. The molecule has 3 heteroatoms. The molecule has 0 fully saturated rings. The van der Waals surface area contributed by atoms with Crippen LogP contribution in [0.4, 0.5) is 0 Å². The summed E-state index contributed by atoms with van der Waals surface area (Å²) in [5, 5.41) is 3.95. The third-order valence-electron chi connectivity index (χ3n) is 5.18. The van der Waals surface area contributed by atoms with Crippen molar-refractivity contribution in [2.24, 2.45) is 0 Å². The lowest BCUT2D eigenvalue weighted by atomic mass is 9.68. The lowest BCUT2D eigenvalue weighted by molar-refractivity contribution is 0.650. The summed E-state index contributed by atoms with van der Waals surface area (Å²) in [6.45, 7) is 4.56.